The summed E-state index contributed by atoms with van der Waals surface area (Å²) in [5, 5.41) is 9.32. The minimum absolute atomic E-state index is 0.179. The molecular formula is C25H20F3N3O2. The van der Waals surface area contributed by atoms with Crippen LogP contribution < -0.4 is 4.90 Å². The van der Waals surface area contributed by atoms with Crippen molar-refractivity contribution < 1.29 is 23.1 Å². The quantitative estimate of drug-likeness (QED) is 0.595. The summed E-state index contributed by atoms with van der Waals surface area (Å²) < 4.78 is 39.8. The van der Waals surface area contributed by atoms with E-state index in [-0.39, 0.29) is 11.3 Å². The maximum Gasteiger partial charge on any atom is 0.417 e. The summed E-state index contributed by atoms with van der Waals surface area (Å²) in [6, 6.07) is 15.1. The van der Waals surface area contributed by atoms with E-state index in [0.29, 0.717) is 32.0 Å². The average molecular weight is 451 g/mol. The Kier molecular flexibility index (Phi) is 6.22. The second-order valence-corrected chi connectivity index (χ2v) is 7.52. The van der Waals surface area contributed by atoms with E-state index < -0.39 is 17.6 Å². The summed E-state index contributed by atoms with van der Waals surface area (Å²) >= 11 is 0. The van der Waals surface area contributed by atoms with Crippen LogP contribution in [0.4, 0.5) is 19.0 Å². The van der Waals surface area contributed by atoms with Crippen molar-refractivity contribution in [1.82, 2.24) is 9.88 Å². The number of piperazine rings is 1. The number of nitrogens with zero attached hydrogens (tertiary/aromatic N) is 3. The molecule has 4 rings (SSSR count). The number of hydrogen-bond acceptors (Lipinski definition) is 4. The minimum atomic E-state index is -4.58. The summed E-state index contributed by atoms with van der Waals surface area (Å²) in [6.07, 6.45) is -2.93. The van der Waals surface area contributed by atoms with Gasteiger partial charge in [0.2, 0.25) is 0 Å². The number of carbonyl (C=O) groups excluding carboxylic acids is 1. The molecule has 1 N–H and O–H groups in total. The van der Waals surface area contributed by atoms with Gasteiger partial charge in [0.15, 0.2) is 0 Å². The fraction of sp³-hybridized carbons (Fsp3) is 0.200. The molecule has 168 valence electrons. The molecule has 0 unspecified atom stereocenters. The van der Waals surface area contributed by atoms with Gasteiger partial charge in [-0.1, -0.05) is 24.0 Å². The second kappa shape index (κ2) is 9.25. The van der Waals surface area contributed by atoms with Crippen LogP contribution in [0.2, 0.25) is 0 Å². The van der Waals surface area contributed by atoms with E-state index in [2.05, 4.69) is 16.8 Å². The number of carbonyl (C=O) groups is 1. The highest BCUT2D eigenvalue weighted by Gasteiger charge is 2.36. The fourth-order valence-electron chi connectivity index (χ4n) is 3.56. The van der Waals surface area contributed by atoms with Gasteiger partial charge in [-0.2, -0.15) is 13.2 Å². The molecule has 0 spiro atoms. The molecule has 3 aromatic rings. The molecule has 0 bridgehead atoms. The number of phenols is 1. The molecule has 1 saturated heterocycles. The van der Waals surface area contributed by atoms with Crippen LogP contribution in [-0.2, 0) is 6.18 Å². The van der Waals surface area contributed by atoms with Gasteiger partial charge in [0.05, 0.1) is 11.1 Å². The molecule has 8 heteroatoms. The van der Waals surface area contributed by atoms with E-state index in [1.807, 2.05) is 17.0 Å². The molecular weight excluding hydrogens is 431 g/mol. The standard InChI is InChI=1S/C25H20F3N3O2/c26-25(27,28)22-4-2-1-3-21(22)24(33)31-15-13-30(14-16-31)23-12-9-19(17-29-23)6-5-18-7-10-20(32)11-8-18/h1-4,7-12,17,32H,13-16H2. The Morgan fingerprint density at radius 1 is 0.879 bits per heavy atom. The third-order valence-corrected chi connectivity index (χ3v) is 5.32. The van der Waals surface area contributed by atoms with Gasteiger partial charge in [0.25, 0.3) is 5.91 Å². The lowest BCUT2D eigenvalue weighted by Crippen LogP contribution is -2.49. The fourth-order valence-corrected chi connectivity index (χ4v) is 3.56. The molecule has 1 aliphatic rings. The van der Waals surface area contributed by atoms with E-state index in [0.717, 1.165) is 17.2 Å². The lowest BCUT2D eigenvalue weighted by atomic mass is 10.1. The molecule has 1 amide bonds. The van der Waals surface area contributed by atoms with Crippen LogP contribution in [0, 0.1) is 11.8 Å². The minimum Gasteiger partial charge on any atom is -0.508 e. The smallest absolute Gasteiger partial charge is 0.417 e. The van der Waals surface area contributed by atoms with Crippen molar-refractivity contribution in [2.24, 2.45) is 0 Å². The summed E-state index contributed by atoms with van der Waals surface area (Å²) in [5.41, 5.74) is 0.255. The maximum atomic E-state index is 13.3. The number of alkyl halides is 3. The van der Waals surface area contributed by atoms with Crippen LogP contribution in [0.3, 0.4) is 0 Å². The van der Waals surface area contributed by atoms with Crippen molar-refractivity contribution in [1.29, 1.82) is 0 Å². The molecule has 0 atom stereocenters. The van der Waals surface area contributed by atoms with Crippen molar-refractivity contribution in [2.45, 2.75) is 6.18 Å². The number of aromatic hydroxyl groups is 1. The number of hydrogen-bond donors (Lipinski definition) is 1. The zero-order valence-electron chi connectivity index (χ0n) is 17.5. The third-order valence-electron chi connectivity index (χ3n) is 5.32. The van der Waals surface area contributed by atoms with E-state index >= 15 is 0 Å². The van der Waals surface area contributed by atoms with Crippen molar-refractivity contribution in [3.63, 3.8) is 0 Å². The Morgan fingerprint density at radius 3 is 2.15 bits per heavy atom. The number of anilines is 1. The summed E-state index contributed by atoms with van der Waals surface area (Å²) in [6.45, 7) is 1.53. The van der Waals surface area contributed by atoms with Crippen LogP contribution in [0.5, 0.6) is 5.75 Å². The molecule has 0 aliphatic carbocycles. The highest BCUT2D eigenvalue weighted by atomic mass is 19.4. The first kappa shape index (κ1) is 22.2. The number of halogens is 3. The lowest BCUT2D eigenvalue weighted by molar-refractivity contribution is -0.138. The number of benzene rings is 2. The first-order valence-electron chi connectivity index (χ1n) is 10.3. The largest absolute Gasteiger partial charge is 0.508 e. The second-order valence-electron chi connectivity index (χ2n) is 7.52. The molecule has 1 aromatic heterocycles. The molecule has 1 aliphatic heterocycles. The maximum absolute atomic E-state index is 13.3. The summed E-state index contributed by atoms with van der Waals surface area (Å²) in [5.74, 6) is 6.29. The molecule has 1 fully saturated rings. The van der Waals surface area contributed by atoms with Gasteiger partial charge in [-0.05, 0) is 48.5 Å². The first-order chi connectivity index (χ1) is 15.8. The van der Waals surface area contributed by atoms with E-state index in [1.54, 1.807) is 30.5 Å². The molecule has 5 nitrogen and oxygen atoms in total. The Morgan fingerprint density at radius 2 is 1.52 bits per heavy atom. The summed E-state index contributed by atoms with van der Waals surface area (Å²) in [4.78, 5) is 20.6. The SMILES string of the molecule is O=C(c1ccccc1C(F)(F)F)N1CCN(c2ccc(C#Cc3ccc(O)cc3)cn2)CC1. The van der Waals surface area contributed by atoms with Gasteiger partial charge >= 0.3 is 6.18 Å². The van der Waals surface area contributed by atoms with Crippen LogP contribution >= 0.6 is 0 Å². The number of phenolic OH excluding ortho intramolecular Hbond substituents is 1. The van der Waals surface area contributed by atoms with Crippen LogP contribution in [0.15, 0.2) is 66.9 Å². The van der Waals surface area contributed by atoms with Crippen molar-refractivity contribution >= 4 is 11.7 Å². The Bertz CT molecular complexity index is 1190. The van der Waals surface area contributed by atoms with Gasteiger partial charge in [0, 0.05) is 43.5 Å². The number of aromatic nitrogens is 1. The molecule has 0 radical (unpaired) electrons. The van der Waals surface area contributed by atoms with Gasteiger partial charge < -0.3 is 14.9 Å². The zero-order chi connectivity index (χ0) is 23.4. The van der Waals surface area contributed by atoms with Crippen LogP contribution in [0.1, 0.15) is 27.0 Å². The predicted molar refractivity (Wildman–Crippen MR) is 118 cm³/mol. The van der Waals surface area contributed by atoms with E-state index in [9.17, 15) is 23.1 Å². The molecule has 2 heterocycles. The van der Waals surface area contributed by atoms with Gasteiger partial charge in [0.1, 0.15) is 11.6 Å². The highest BCUT2D eigenvalue weighted by Crippen LogP contribution is 2.32. The normalized spacial score (nSPS) is 13.9. The van der Waals surface area contributed by atoms with Gasteiger partial charge in [-0.25, -0.2) is 4.98 Å². The van der Waals surface area contributed by atoms with Crippen molar-refractivity contribution in [3.8, 4) is 17.6 Å². The van der Waals surface area contributed by atoms with Crippen molar-refractivity contribution in [3.05, 3.63) is 89.1 Å². The topological polar surface area (TPSA) is 56.7 Å². The molecule has 2 aromatic carbocycles. The van der Waals surface area contributed by atoms with E-state index in [1.165, 1.54) is 23.1 Å². The summed E-state index contributed by atoms with van der Waals surface area (Å²) in [7, 11) is 0. The molecule has 0 saturated carbocycles. The zero-order valence-corrected chi connectivity index (χ0v) is 17.5. The monoisotopic (exact) mass is 451 g/mol. The lowest BCUT2D eigenvalue weighted by Gasteiger charge is -2.35. The third kappa shape index (κ3) is 5.26. The first-order valence-corrected chi connectivity index (χ1v) is 10.3. The van der Waals surface area contributed by atoms with Crippen molar-refractivity contribution in [2.75, 3.05) is 31.1 Å². The van der Waals surface area contributed by atoms with Crippen LogP contribution in [-0.4, -0.2) is 47.1 Å². The van der Waals surface area contributed by atoms with Crippen LogP contribution in [0.25, 0.3) is 0 Å². The van der Waals surface area contributed by atoms with Gasteiger partial charge in [-0.3, -0.25) is 4.79 Å². The Balaban J connectivity index is 1.39. The van der Waals surface area contributed by atoms with E-state index in [4.69, 9.17) is 0 Å². The Labute approximate surface area is 189 Å². The predicted octanol–water partition coefficient (Wildman–Crippen LogP) is 4.17. The highest BCUT2D eigenvalue weighted by molar-refractivity contribution is 5.96. The Hall–Kier alpha value is -3.99. The number of pyridine rings is 1. The number of amides is 1. The molecule has 33 heavy (non-hydrogen) atoms. The number of rotatable bonds is 2. The average Bonchev–Trinajstić information content (AvgIpc) is 2.83. The van der Waals surface area contributed by atoms with Gasteiger partial charge in [-0.15, -0.1) is 0 Å².